The molecular formula is C10H21NO8. The van der Waals surface area contributed by atoms with Gasteiger partial charge in [-0.25, -0.2) is 0 Å². The molecule has 0 saturated heterocycles. The summed E-state index contributed by atoms with van der Waals surface area (Å²) in [6, 6.07) is 0. The average Bonchev–Trinajstić information content (AvgIpc) is 2.39. The van der Waals surface area contributed by atoms with E-state index in [1.54, 1.807) is 0 Å². The molecule has 9 nitrogen and oxygen atoms in total. The monoisotopic (exact) mass is 283 g/mol. The molecule has 114 valence electrons. The van der Waals surface area contributed by atoms with Gasteiger partial charge in [0.05, 0.1) is 13.2 Å². The lowest BCUT2D eigenvalue weighted by atomic mass is 10.0. The summed E-state index contributed by atoms with van der Waals surface area (Å²) in [5.41, 5.74) is 5.40. The third-order valence-corrected chi connectivity index (χ3v) is 2.45. The second-order valence-corrected chi connectivity index (χ2v) is 4.10. The van der Waals surface area contributed by atoms with Crippen molar-refractivity contribution in [3.63, 3.8) is 0 Å². The highest BCUT2D eigenvalue weighted by atomic mass is 16.5. The first kappa shape index (κ1) is 18.2. The summed E-state index contributed by atoms with van der Waals surface area (Å²) in [6.07, 6.45) is -7.70. The first-order chi connectivity index (χ1) is 8.79. The molecule has 8 N–H and O–H groups in total. The Kier molecular flexibility index (Phi) is 8.76. The molecule has 0 aromatic heterocycles. The van der Waals surface area contributed by atoms with Crippen molar-refractivity contribution >= 4 is 5.97 Å². The van der Waals surface area contributed by atoms with E-state index in [-0.39, 0.29) is 12.8 Å². The maximum atomic E-state index is 10.3. The van der Waals surface area contributed by atoms with Crippen LogP contribution in [0.15, 0.2) is 0 Å². The molecule has 9 heteroatoms. The number of rotatable bonds is 10. The number of carboxylic acids is 1. The fourth-order valence-corrected chi connectivity index (χ4v) is 1.23. The van der Waals surface area contributed by atoms with Crippen molar-refractivity contribution in [2.24, 2.45) is 5.73 Å². The molecule has 0 heterocycles. The third kappa shape index (κ3) is 7.38. The highest BCUT2D eigenvalue weighted by Gasteiger charge is 2.30. The smallest absolute Gasteiger partial charge is 0.303 e. The highest BCUT2D eigenvalue weighted by Crippen LogP contribution is 2.07. The standard InChI is InChI=1S/C10H21NO8/c11-7(1-2-8(15)16)19-4-6(14)10(18)9(17)5(13)3-12/h5-7,9-10,12-14,17-18H,1-4,11H2,(H,15,16)/t5-,6+,7?,9-,10-/m1/s1. The number of aliphatic hydroxyl groups excluding tert-OH is 5. The normalized spacial score (nSPS) is 19.5. The lowest BCUT2D eigenvalue weighted by Crippen LogP contribution is -2.48. The molecule has 0 amide bonds. The van der Waals surface area contributed by atoms with Crippen molar-refractivity contribution in [3.8, 4) is 0 Å². The van der Waals surface area contributed by atoms with Gasteiger partial charge < -0.3 is 41.1 Å². The van der Waals surface area contributed by atoms with Crippen LogP contribution >= 0.6 is 0 Å². The molecule has 0 aliphatic carbocycles. The minimum atomic E-state index is -1.74. The minimum absolute atomic E-state index is 0.0277. The predicted molar refractivity (Wildman–Crippen MR) is 61.9 cm³/mol. The summed E-state index contributed by atoms with van der Waals surface area (Å²) in [4.78, 5) is 10.3. The summed E-state index contributed by atoms with van der Waals surface area (Å²) in [6.45, 7) is -1.22. The zero-order valence-electron chi connectivity index (χ0n) is 10.3. The van der Waals surface area contributed by atoms with Crippen LogP contribution in [0.3, 0.4) is 0 Å². The van der Waals surface area contributed by atoms with Gasteiger partial charge in [-0.05, 0) is 6.42 Å². The molecule has 0 bridgehead atoms. The number of carboxylic acid groups (broad SMARTS) is 1. The van der Waals surface area contributed by atoms with Crippen LogP contribution in [0.25, 0.3) is 0 Å². The third-order valence-electron chi connectivity index (χ3n) is 2.45. The Bertz CT molecular complexity index is 264. The van der Waals surface area contributed by atoms with Gasteiger partial charge in [0.25, 0.3) is 0 Å². The van der Waals surface area contributed by atoms with E-state index in [0.717, 1.165) is 0 Å². The second kappa shape index (κ2) is 9.15. The summed E-state index contributed by atoms with van der Waals surface area (Å²) in [5.74, 6) is -1.04. The van der Waals surface area contributed by atoms with Gasteiger partial charge in [0.2, 0.25) is 0 Å². The molecule has 0 spiro atoms. The Balaban J connectivity index is 4.02. The number of nitrogens with two attached hydrogens (primary N) is 1. The molecule has 0 aliphatic heterocycles. The van der Waals surface area contributed by atoms with Gasteiger partial charge in [-0.2, -0.15) is 0 Å². The molecule has 0 saturated carbocycles. The van der Waals surface area contributed by atoms with E-state index in [1.807, 2.05) is 0 Å². The second-order valence-electron chi connectivity index (χ2n) is 4.10. The lowest BCUT2D eigenvalue weighted by Gasteiger charge is -2.26. The molecule has 1 unspecified atom stereocenters. The van der Waals surface area contributed by atoms with E-state index in [4.69, 9.17) is 25.8 Å². The molecule has 0 fully saturated rings. The number of hydrogen-bond acceptors (Lipinski definition) is 8. The molecule has 19 heavy (non-hydrogen) atoms. The van der Waals surface area contributed by atoms with E-state index in [2.05, 4.69) is 0 Å². The van der Waals surface area contributed by atoms with Gasteiger partial charge >= 0.3 is 5.97 Å². The van der Waals surface area contributed by atoms with E-state index < -0.39 is 49.8 Å². The molecule has 0 aliphatic rings. The van der Waals surface area contributed by atoms with Gasteiger partial charge in [0.1, 0.15) is 30.6 Å². The van der Waals surface area contributed by atoms with Crippen LogP contribution in [0.1, 0.15) is 12.8 Å². The predicted octanol–water partition coefficient (Wildman–Crippen LogP) is -3.41. The Morgan fingerprint density at radius 1 is 1.11 bits per heavy atom. The van der Waals surface area contributed by atoms with Crippen LogP contribution in [-0.4, -0.2) is 80.5 Å². The lowest BCUT2D eigenvalue weighted by molar-refractivity contribution is -0.140. The van der Waals surface area contributed by atoms with Crippen molar-refractivity contribution < 1.29 is 40.2 Å². The number of aliphatic carboxylic acids is 1. The largest absolute Gasteiger partial charge is 0.481 e. The van der Waals surface area contributed by atoms with E-state index in [0.29, 0.717) is 0 Å². The van der Waals surface area contributed by atoms with Crippen molar-refractivity contribution in [1.82, 2.24) is 0 Å². The van der Waals surface area contributed by atoms with Crippen LogP contribution in [0.4, 0.5) is 0 Å². The molecule has 0 rings (SSSR count). The average molecular weight is 283 g/mol. The Hall–Kier alpha value is -0.810. The molecular weight excluding hydrogens is 262 g/mol. The van der Waals surface area contributed by atoms with Crippen molar-refractivity contribution in [2.45, 2.75) is 43.5 Å². The fourth-order valence-electron chi connectivity index (χ4n) is 1.23. The van der Waals surface area contributed by atoms with Gasteiger partial charge in [0.15, 0.2) is 0 Å². The van der Waals surface area contributed by atoms with Gasteiger partial charge in [-0.15, -0.1) is 0 Å². The maximum Gasteiger partial charge on any atom is 0.303 e. The Morgan fingerprint density at radius 2 is 1.63 bits per heavy atom. The number of aliphatic hydroxyl groups is 5. The van der Waals surface area contributed by atoms with Crippen molar-refractivity contribution in [2.75, 3.05) is 13.2 Å². The first-order valence-corrected chi connectivity index (χ1v) is 5.71. The number of carbonyl (C=O) groups is 1. The topological polar surface area (TPSA) is 174 Å². The summed E-state index contributed by atoms with van der Waals surface area (Å²) < 4.78 is 4.89. The fraction of sp³-hybridized carbons (Fsp3) is 0.900. The van der Waals surface area contributed by atoms with E-state index >= 15 is 0 Å². The van der Waals surface area contributed by atoms with E-state index in [9.17, 15) is 20.1 Å². The van der Waals surface area contributed by atoms with Crippen LogP contribution in [0.5, 0.6) is 0 Å². The minimum Gasteiger partial charge on any atom is -0.481 e. The summed E-state index contributed by atoms with van der Waals surface area (Å²) in [5, 5.41) is 54.2. The molecule has 0 aromatic rings. The maximum absolute atomic E-state index is 10.3. The zero-order chi connectivity index (χ0) is 15.0. The molecule has 0 aromatic carbocycles. The van der Waals surface area contributed by atoms with E-state index in [1.165, 1.54) is 0 Å². The zero-order valence-corrected chi connectivity index (χ0v) is 10.3. The molecule has 0 radical (unpaired) electrons. The van der Waals surface area contributed by atoms with Crippen LogP contribution in [0, 0.1) is 0 Å². The quantitative estimate of drug-likeness (QED) is 0.201. The van der Waals surface area contributed by atoms with Crippen LogP contribution < -0.4 is 5.73 Å². The Morgan fingerprint density at radius 3 is 2.11 bits per heavy atom. The van der Waals surface area contributed by atoms with Gasteiger partial charge in [-0.3, -0.25) is 4.79 Å². The van der Waals surface area contributed by atoms with Crippen LogP contribution in [0.2, 0.25) is 0 Å². The first-order valence-electron chi connectivity index (χ1n) is 5.71. The highest BCUT2D eigenvalue weighted by molar-refractivity contribution is 5.66. The SMILES string of the molecule is NC(CCC(=O)O)OC[C@H](O)[C@@H](O)[C@H](O)[C@H](O)CO. The number of hydrogen-bond donors (Lipinski definition) is 7. The van der Waals surface area contributed by atoms with Crippen LogP contribution in [-0.2, 0) is 9.53 Å². The Labute approximate surface area is 109 Å². The molecule has 5 atom stereocenters. The summed E-state index contributed by atoms with van der Waals surface area (Å²) in [7, 11) is 0. The van der Waals surface area contributed by atoms with Crippen molar-refractivity contribution in [1.29, 1.82) is 0 Å². The number of ether oxygens (including phenoxy) is 1. The van der Waals surface area contributed by atoms with Gasteiger partial charge in [-0.1, -0.05) is 0 Å². The van der Waals surface area contributed by atoms with Gasteiger partial charge in [0, 0.05) is 6.42 Å². The summed E-state index contributed by atoms with van der Waals surface area (Å²) >= 11 is 0. The van der Waals surface area contributed by atoms with Crippen molar-refractivity contribution in [3.05, 3.63) is 0 Å².